The molecule has 0 spiro atoms. The Morgan fingerprint density at radius 1 is 1.12 bits per heavy atom. The van der Waals surface area contributed by atoms with E-state index in [1.54, 1.807) is 0 Å². The molecule has 2 aromatic carbocycles. The molecular weight excluding hydrogens is 418 g/mol. The molecular formula is C26H27N3O2S. The molecule has 0 saturated heterocycles. The van der Waals surface area contributed by atoms with Crippen molar-refractivity contribution < 1.29 is 9.84 Å². The highest BCUT2D eigenvalue weighted by atomic mass is 32.1. The maximum absolute atomic E-state index is 11.3. The number of aliphatic imine (C=N–C) groups is 1. The number of hydrogen-bond donors (Lipinski definition) is 1. The molecule has 164 valence electrons. The Hall–Kier alpha value is -3.12. The molecule has 0 unspecified atom stereocenters. The minimum absolute atomic E-state index is 0.276. The van der Waals surface area contributed by atoms with Crippen LogP contribution in [-0.2, 0) is 0 Å². The SMILES string of the molecule is CCOc1ccc(N=c2sc(/C=C3/C=Nc4ccccc43)c(O)n2C2CCCCC2)cc1. The van der Waals surface area contributed by atoms with E-state index in [0.29, 0.717) is 12.5 Å². The van der Waals surface area contributed by atoms with Gasteiger partial charge in [-0.2, -0.15) is 0 Å². The quantitative estimate of drug-likeness (QED) is 0.478. The predicted octanol–water partition coefficient (Wildman–Crippen LogP) is 6.65. The maximum Gasteiger partial charge on any atom is 0.211 e. The van der Waals surface area contributed by atoms with Gasteiger partial charge in [0.1, 0.15) is 5.75 Å². The highest BCUT2D eigenvalue weighted by Crippen LogP contribution is 2.37. The Balaban J connectivity index is 1.58. The van der Waals surface area contributed by atoms with Crippen molar-refractivity contribution in [1.82, 2.24) is 4.57 Å². The van der Waals surface area contributed by atoms with Crippen molar-refractivity contribution in [3.63, 3.8) is 0 Å². The van der Waals surface area contributed by atoms with Gasteiger partial charge >= 0.3 is 0 Å². The van der Waals surface area contributed by atoms with Crippen LogP contribution in [0, 0.1) is 0 Å². The number of ether oxygens (including phenoxy) is 1. The normalized spacial score (nSPS) is 17.8. The zero-order chi connectivity index (χ0) is 21.9. The molecule has 1 saturated carbocycles. The molecule has 0 bridgehead atoms. The second-order valence-electron chi connectivity index (χ2n) is 8.15. The third-order valence-electron chi connectivity index (χ3n) is 6.01. The van der Waals surface area contributed by atoms with Crippen LogP contribution in [0.1, 0.15) is 55.5 Å². The minimum Gasteiger partial charge on any atom is -0.494 e. The summed E-state index contributed by atoms with van der Waals surface area (Å²) in [4.78, 5) is 11.1. The van der Waals surface area contributed by atoms with E-state index in [0.717, 1.165) is 50.8 Å². The molecule has 0 atom stereocenters. The van der Waals surface area contributed by atoms with Gasteiger partial charge < -0.3 is 9.84 Å². The molecule has 1 aromatic heterocycles. The number of para-hydroxylation sites is 1. The lowest BCUT2D eigenvalue weighted by atomic mass is 9.95. The summed E-state index contributed by atoms with van der Waals surface area (Å²) in [6, 6.07) is 16.2. The lowest BCUT2D eigenvalue weighted by Gasteiger charge is -2.23. The van der Waals surface area contributed by atoms with Crippen molar-refractivity contribution in [2.24, 2.45) is 9.98 Å². The zero-order valence-corrected chi connectivity index (χ0v) is 19.0. The second-order valence-corrected chi connectivity index (χ2v) is 9.16. The van der Waals surface area contributed by atoms with Gasteiger partial charge in [-0.3, -0.25) is 9.56 Å². The van der Waals surface area contributed by atoms with Gasteiger partial charge in [-0.1, -0.05) is 48.8 Å². The number of aromatic hydroxyl groups is 1. The van der Waals surface area contributed by atoms with Crippen molar-refractivity contribution in [2.45, 2.75) is 45.1 Å². The minimum atomic E-state index is 0.276. The van der Waals surface area contributed by atoms with Crippen molar-refractivity contribution in [1.29, 1.82) is 0 Å². The summed E-state index contributed by atoms with van der Waals surface area (Å²) in [6.45, 7) is 2.62. The fourth-order valence-corrected chi connectivity index (χ4v) is 5.49. The van der Waals surface area contributed by atoms with E-state index in [2.05, 4.69) is 11.1 Å². The fraction of sp³-hybridized carbons (Fsp3) is 0.308. The summed E-state index contributed by atoms with van der Waals surface area (Å²) in [7, 11) is 0. The maximum atomic E-state index is 11.3. The van der Waals surface area contributed by atoms with Gasteiger partial charge in [0.15, 0.2) is 4.80 Å². The van der Waals surface area contributed by atoms with Gasteiger partial charge in [0.25, 0.3) is 0 Å². The third kappa shape index (κ3) is 4.15. The molecule has 1 N–H and O–H groups in total. The molecule has 1 aliphatic carbocycles. The number of hydrogen-bond acceptors (Lipinski definition) is 5. The Labute approximate surface area is 192 Å². The van der Waals surface area contributed by atoms with Crippen molar-refractivity contribution in [3.05, 3.63) is 63.8 Å². The Morgan fingerprint density at radius 3 is 2.69 bits per heavy atom. The molecule has 5 nitrogen and oxygen atoms in total. The van der Waals surface area contributed by atoms with E-state index in [1.807, 2.05) is 66.2 Å². The van der Waals surface area contributed by atoms with E-state index in [1.165, 1.54) is 30.6 Å². The summed E-state index contributed by atoms with van der Waals surface area (Å²) in [5.74, 6) is 1.14. The summed E-state index contributed by atoms with van der Waals surface area (Å²) in [5.41, 5.74) is 3.93. The lowest BCUT2D eigenvalue weighted by Crippen LogP contribution is -2.22. The number of fused-ring (bicyclic) bond motifs is 1. The molecule has 0 radical (unpaired) electrons. The number of allylic oxidation sites excluding steroid dienone is 1. The third-order valence-corrected chi connectivity index (χ3v) is 7.00. The van der Waals surface area contributed by atoms with Crippen molar-refractivity contribution >= 4 is 40.6 Å². The van der Waals surface area contributed by atoms with Crippen LogP contribution in [0.15, 0.2) is 58.5 Å². The summed E-state index contributed by atoms with van der Waals surface area (Å²) < 4.78 is 7.60. The largest absolute Gasteiger partial charge is 0.494 e. The molecule has 2 heterocycles. The lowest BCUT2D eigenvalue weighted by molar-refractivity contribution is 0.307. The van der Waals surface area contributed by atoms with Crippen LogP contribution < -0.4 is 9.54 Å². The molecule has 5 rings (SSSR count). The average molecular weight is 446 g/mol. The van der Waals surface area contributed by atoms with E-state index in [4.69, 9.17) is 9.73 Å². The Bertz CT molecular complexity index is 1230. The fourth-order valence-electron chi connectivity index (χ4n) is 4.43. The second kappa shape index (κ2) is 9.17. The molecule has 1 aliphatic heterocycles. The first-order valence-electron chi connectivity index (χ1n) is 11.3. The van der Waals surface area contributed by atoms with E-state index < -0.39 is 0 Å². The zero-order valence-electron chi connectivity index (χ0n) is 18.2. The van der Waals surface area contributed by atoms with Crippen molar-refractivity contribution in [3.8, 4) is 11.6 Å². The number of rotatable bonds is 5. The number of nitrogens with zero attached hydrogens (tertiary/aromatic N) is 3. The van der Waals surface area contributed by atoms with Crippen LogP contribution in [0.25, 0.3) is 11.6 Å². The standard InChI is InChI=1S/C26H27N3O2S/c1-2-31-21-14-12-19(13-15-21)28-26-29(20-8-4-3-5-9-20)25(30)24(32-26)16-18-17-27-23-11-7-6-10-22(18)23/h6-7,10-17,20,30H,2-5,8-9H2,1H3/b18-16-,28-26?. The molecule has 2 aliphatic rings. The van der Waals surface area contributed by atoms with Crippen LogP contribution in [-0.4, -0.2) is 22.5 Å². The summed E-state index contributed by atoms with van der Waals surface area (Å²) in [5, 5.41) is 11.3. The summed E-state index contributed by atoms with van der Waals surface area (Å²) in [6.07, 6.45) is 9.68. The molecule has 3 aromatic rings. The Kier molecular flexibility index (Phi) is 5.95. The van der Waals surface area contributed by atoms with Gasteiger partial charge in [0.2, 0.25) is 5.88 Å². The van der Waals surface area contributed by atoms with E-state index >= 15 is 0 Å². The first-order valence-corrected chi connectivity index (χ1v) is 12.1. The topological polar surface area (TPSA) is 59.1 Å². The van der Waals surface area contributed by atoms with Gasteiger partial charge in [0.05, 0.1) is 22.9 Å². The van der Waals surface area contributed by atoms with Gasteiger partial charge in [0, 0.05) is 23.4 Å². The Morgan fingerprint density at radius 2 is 1.91 bits per heavy atom. The first kappa shape index (κ1) is 20.8. The van der Waals surface area contributed by atoms with Crippen LogP contribution in [0.3, 0.4) is 0 Å². The van der Waals surface area contributed by atoms with E-state index in [9.17, 15) is 5.11 Å². The smallest absolute Gasteiger partial charge is 0.211 e. The number of thiazole rings is 1. The first-order chi connectivity index (χ1) is 15.7. The van der Waals surface area contributed by atoms with Crippen LogP contribution in [0.4, 0.5) is 11.4 Å². The number of benzene rings is 2. The van der Waals surface area contributed by atoms with Crippen LogP contribution >= 0.6 is 11.3 Å². The molecule has 1 fully saturated rings. The van der Waals surface area contributed by atoms with Crippen molar-refractivity contribution in [2.75, 3.05) is 6.61 Å². The number of aromatic nitrogens is 1. The molecule has 0 amide bonds. The summed E-state index contributed by atoms with van der Waals surface area (Å²) >= 11 is 1.53. The van der Waals surface area contributed by atoms with Gasteiger partial charge in [-0.15, -0.1) is 0 Å². The highest BCUT2D eigenvalue weighted by Gasteiger charge is 2.23. The van der Waals surface area contributed by atoms with Gasteiger partial charge in [-0.25, -0.2) is 4.99 Å². The monoisotopic (exact) mass is 445 g/mol. The van der Waals surface area contributed by atoms with Crippen LogP contribution in [0.5, 0.6) is 11.6 Å². The average Bonchev–Trinajstić information content (AvgIpc) is 3.37. The predicted molar refractivity (Wildman–Crippen MR) is 131 cm³/mol. The van der Waals surface area contributed by atoms with Crippen LogP contribution in [0.2, 0.25) is 0 Å². The van der Waals surface area contributed by atoms with Gasteiger partial charge in [-0.05, 0) is 56.2 Å². The highest BCUT2D eigenvalue weighted by molar-refractivity contribution is 7.10. The molecule has 6 heteroatoms. The molecule has 32 heavy (non-hydrogen) atoms. The van der Waals surface area contributed by atoms with E-state index in [-0.39, 0.29) is 6.04 Å².